The summed E-state index contributed by atoms with van der Waals surface area (Å²) in [5, 5.41) is 3.75. The average Bonchev–Trinajstić information content (AvgIpc) is 2.57. The van der Waals surface area contributed by atoms with Crippen molar-refractivity contribution < 1.29 is 13.9 Å². The van der Waals surface area contributed by atoms with Gasteiger partial charge in [0, 0.05) is 23.0 Å². The Kier molecular flexibility index (Phi) is 6.57. The second kappa shape index (κ2) is 8.50. The largest absolute Gasteiger partial charge is 0.459 e. The van der Waals surface area contributed by atoms with Gasteiger partial charge in [-0.15, -0.1) is 12.4 Å². The average molecular weight is 410 g/mol. The molecule has 0 saturated carbocycles. The molecule has 0 aliphatic heterocycles. The maximum atomic E-state index is 13.4. The van der Waals surface area contributed by atoms with Crippen LogP contribution in [0.25, 0.3) is 11.0 Å². The van der Waals surface area contributed by atoms with Gasteiger partial charge in [0.1, 0.15) is 11.4 Å². The Morgan fingerprint density at radius 2 is 2.00 bits per heavy atom. The van der Waals surface area contributed by atoms with Gasteiger partial charge in [-0.3, -0.25) is 0 Å². The summed E-state index contributed by atoms with van der Waals surface area (Å²) in [6, 6.07) is 7.88. The van der Waals surface area contributed by atoms with Crippen LogP contribution in [-0.4, -0.2) is 22.0 Å². The zero-order chi connectivity index (χ0) is 18.8. The van der Waals surface area contributed by atoms with Crippen molar-refractivity contribution in [1.29, 1.82) is 0 Å². The van der Waals surface area contributed by atoms with Crippen molar-refractivity contribution in [3.05, 3.63) is 58.6 Å². The highest BCUT2D eigenvalue weighted by molar-refractivity contribution is 6.31. The van der Waals surface area contributed by atoms with E-state index in [-0.39, 0.29) is 29.1 Å². The molecule has 142 valence electrons. The van der Waals surface area contributed by atoms with E-state index in [0.29, 0.717) is 22.4 Å². The molecule has 0 fully saturated rings. The minimum Gasteiger partial charge on any atom is -0.459 e. The van der Waals surface area contributed by atoms with Crippen LogP contribution >= 0.6 is 24.0 Å². The van der Waals surface area contributed by atoms with Crippen molar-refractivity contribution in [1.82, 2.24) is 9.97 Å². The molecular formula is C19H18Cl2FN3O2. The van der Waals surface area contributed by atoms with Crippen LogP contribution in [0.15, 0.2) is 36.5 Å². The molecule has 0 atom stereocenters. The number of nitrogens with one attached hydrogen (secondary N) is 1. The lowest BCUT2D eigenvalue weighted by Crippen LogP contribution is -2.14. The van der Waals surface area contributed by atoms with E-state index in [0.717, 1.165) is 5.69 Å². The zero-order valence-corrected chi connectivity index (χ0v) is 16.5. The summed E-state index contributed by atoms with van der Waals surface area (Å²) in [6.07, 6.45) is 1.15. The fourth-order valence-corrected chi connectivity index (χ4v) is 2.64. The predicted octanol–water partition coefficient (Wildman–Crippen LogP) is 5.46. The van der Waals surface area contributed by atoms with Crippen molar-refractivity contribution in [2.24, 2.45) is 0 Å². The van der Waals surface area contributed by atoms with Gasteiger partial charge in [-0.05, 0) is 51.1 Å². The summed E-state index contributed by atoms with van der Waals surface area (Å²) in [6.45, 7) is 5.39. The Hall–Kier alpha value is -2.44. The van der Waals surface area contributed by atoms with Gasteiger partial charge in [-0.25, -0.2) is 19.2 Å². The number of esters is 1. The van der Waals surface area contributed by atoms with E-state index in [9.17, 15) is 9.18 Å². The maximum absolute atomic E-state index is 13.4. The molecule has 3 aromatic rings. The number of benzene rings is 1. The Balaban J connectivity index is 0.00000261. The Bertz CT molecular complexity index is 996. The molecule has 1 aromatic carbocycles. The van der Waals surface area contributed by atoms with Crippen LogP contribution in [0, 0.1) is 12.7 Å². The van der Waals surface area contributed by atoms with Crippen molar-refractivity contribution in [3.63, 3.8) is 0 Å². The first-order valence-corrected chi connectivity index (χ1v) is 8.42. The second-order valence-corrected chi connectivity index (χ2v) is 6.49. The Labute approximate surface area is 167 Å². The molecule has 27 heavy (non-hydrogen) atoms. The van der Waals surface area contributed by atoms with Gasteiger partial charge >= 0.3 is 5.97 Å². The highest BCUT2D eigenvalue weighted by Gasteiger charge is 2.19. The topological polar surface area (TPSA) is 64.1 Å². The van der Waals surface area contributed by atoms with Crippen molar-refractivity contribution in [3.8, 4) is 0 Å². The van der Waals surface area contributed by atoms with Gasteiger partial charge in [-0.1, -0.05) is 11.6 Å². The molecule has 0 amide bonds. The highest BCUT2D eigenvalue weighted by Crippen LogP contribution is 2.30. The Morgan fingerprint density at radius 3 is 2.67 bits per heavy atom. The third-order valence-electron chi connectivity index (χ3n) is 3.62. The molecule has 2 heterocycles. The number of anilines is 2. The van der Waals surface area contributed by atoms with Crippen molar-refractivity contribution in [2.45, 2.75) is 26.9 Å². The molecule has 3 rings (SSSR count). The zero-order valence-electron chi connectivity index (χ0n) is 14.9. The maximum Gasteiger partial charge on any atom is 0.342 e. The lowest BCUT2D eigenvalue weighted by molar-refractivity contribution is 0.0379. The predicted molar refractivity (Wildman–Crippen MR) is 107 cm³/mol. The van der Waals surface area contributed by atoms with E-state index < -0.39 is 11.8 Å². The first kappa shape index (κ1) is 20.9. The molecular weight excluding hydrogens is 392 g/mol. The molecule has 0 bridgehead atoms. The van der Waals surface area contributed by atoms with Gasteiger partial charge in [0.15, 0.2) is 5.65 Å². The lowest BCUT2D eigenvalue weighted by atomic mass is 10.1. The summed E-state index contributed by atoms with van der Waals surface area (Å²) in [7, 11) is 0. The number of aryl methyl sites for hydroxylation is 1. The fourth-order valence-electron chi connectivity index (χ4n) is 2.46. The van der Waals surface area contributed by atoms with E-state index >= 15 is 0 Å². The smallest absolute Gasteiger partial charge is 0.342 e. The third-order valence-corrected chi connectivity index (χ3v) is 3.91. The van der Waals surface area contributed by atoms with Gasteiger partial charge in [0.2, 0.25) is 0 Å². The molecule has 5 nitrogen and oxygen atoms in total. The quantitative estimate of drug-likeness (QED) is 0.579. The van der Waals surface area contributed by atoms with E-state index in [1.807, 2.05) is 19.1 Å². The molecule has 1 N–H and O–H groups in total. The van der Waals surface area contributed by atoms with E-state index in [2.05, 4.69) is 15.3 Å². The number of nitrogens with zero attached hydrogens (tertiary/aromatic N) is 2. The van der Waals surface area contributed by atoms with Gasteiger partial charge in [0.25, 0.3) is 0 Å². The van der Waals surface area contributed by atoms with Crippen LogP contribution in [0.4, 0.5) is 15.8 Å². The molecule has 0 radical (unpaired) electrons. The summed E-state index contributed by atoms with van der Waals surface area (Å²) < 4.78 is 18.7. The van der Waals surface area contributed by atoms with Gasteiger partial charge < -0.3 is 10.1 Å². The molecule has 0 aliphatic carbocycles. The normalized spacial score (nSPS) is 10.6. The standard InChI is InChI=1S/C19H17ClFN3O2.ClH/c1-10(2)26-19(25)14-9-22-18-13(6-4-11(3)23-18)17(14)24-12-5-7-16(21)15(20)8-12;/h4-10H,1-3H3,(H,22,23,24);1H. The first-order valence-electron chi connectivity index (χ1n) is 8.04. The van der Waals surface area contributed by atoms with E-state index in [4.69, 9.17) is 16.3 Å². The number of aromatic nitrogens is 2. The minimum atomic E-state index is -0.520. The molecule has 0 aliphatic rings. The van der Waals surface area contributed by atoms with Crippen LogP contribution in [0.3, 0.4) is 0 Å². The minimum absolute atomic E-state index is 0. The number of fused-ring (bicyclic) bond motifs is 1. The van der Waals surface area contributed by atoms with Crippen molar-refractivity contribution >= 4 is 52.4 Å². The van der Waals surface area contributed by atoms with Gasteiger partial charge in [-0.2, -0.15) is 0 Å². The number of carbonyl (C=O) groups is 1. The third kappa shape index (κ3) is 4.64. The number of carbonyl (C=O) groups excluding carboxylic acids is 1. The molecule has 8 heteroatoms. The molecule has 0 saturated heterocycles. The summed E-state index contributed by atoms with van der Waals surface area (Å²) in [5.41, 5.74) is 2.57. The number of hydrogen-bond acceptors (Lipinski definition) is 5. The number of halogens is 3. The lowest BCUT2D eigenvalue weighted by Gasteiger charge is -2.15. The van der Waals surface area contributed by atoms with Crippen LogP contribution in [0.1, 0.15) is 29.9 Å². The van der Waals surface area contributed by atoms with E-state index in [1.165, 1.54) is 24.4 Å². The number of pyridine rings is 2. The SMILES string of the molecule is Cc1ccc2c(Nc3ccc(F)c(Cl)c3)c(C(=O)OC(C)C)cnc2n1.Cl. The highest BCUT2D eigenvalue weighted by atomic mass is 35.5. The van der Waals surface area contributed by atoms with Gasteiger partial charge in [0.05, 0.1) is 16.8 Å². The monoisotopic (exact) mass is 409 g/mol. The van der Waals surface area contributed by atoms with E-state index in [1.54, 1.807) is 13.8 Å². The first-order chi connectivity index (χ1) is 12.3. The summed E-state index contributed by atoms with van der Waals surface area (Å²) in [5.74, 6) is -1.03. The van der Waals surface area contributed by atoms with Crippen LogP contribution < -0.4 is 5.32 Å². The van der Waals surface area contributed by atoms with Crippen LogP contribution in [0.2, 0.25) is 5.02 Å². The van der Waals surface area contributed by atoms with Crippen molar-refractivity contribution in [2.75, 3.05) is 5.32 Å². The molecule has 0 unspecified atom stereocenters. The van der Waals surface area contributed by atoms with Crippen LogP contribution in [0.5, 0.6) is 0 Å². The van der Waals surface area contributed by atoms with Crippen LogP contribution in [-0.2, 0) is 4.74 Å². The summed E-state index contributed by atoms with van der Waals surface area (Å²) >= 11 is 5.86. The fraction of sp³-hybridized carbons (Fsp3) is 0.211. The summed E-state index contributed by atoms with van der Waals surface area (Å²) in [4.78, 5) is 21.1. The number of hydrogen-bond donors (Lipinski definition) is 1. The molecule has 0 spiro atoms. The number of ether oxygens (including phenoxy) is 1. The Morgan fingerprint density at radius 1 is 1.26 bits per heavy atom. The molecule has 2 aromatic heterocycles. The second-order valence-electron chi connectivity index (χ2n) is 6.08. The number of rotatable bonds is 4.